The zero-order valence-corrected chi connectivity index (χ0v) is 13.0. The monoisotopic (exact) mass is 352 g/mol. The van der Waals surface area contributed by atoms with E-state index in [1.165, 1.54) is 13.0 Å². The van der Waals surface area contributed by atoms with Gasteiger partial charge in [-0.1, -0.05) is 18.2 Å². The van der Waals surface area contributed by atoms with Crippen molar-refractivity contribution in [2.24, 2.45) is 0 Å². The van der Waals surface area contributed by atoms with Gasteiger partial charge in [0.15, 0.2) is 0 Å². The number of aromatic nitrogens is 1. The molecule has 0 aliphatic heterocycles. The summed E-state index contributed by atoms with van der Waals surface area (Å²) in [7, 11) is 0. The Bertz CT molecular complexity index is 649. The summed E-state index contributed by atoms with van der Waals surface area (Å²) in [6, 6.07) is 10.1. The number of carbonyl (C=O) groups is 1. The van der Waals surface area contributed by atoms with E-state index in [0.717, 1.165) is 0 Å². The number of rotatable bonds is 5. The normalized spacial score (nSPS) is 10.2. The first-order chi connectivity index (χ1) is 10.0. The van der Waals surface area contributed by atoms with Gasteiger partial charge in [0.05, 0.1) is 0 Å². The summed E-state index contributed by atoms with van der Waals surface area (Å²) in [4.78, 5) is 14.9. The third-order valence-corrected chi connectivity index (χ3v) is 3.17. The van der Waals surface area contributed by atoms with Gasteiger partial charge in [0.25, 0.3) is 0 Å². The van der Waals surface area contributed by atoms with Crippen LogP contribution in [0.5, 0.6) is 5.88 Å². The molecule has 0 aliphatic carbocycles. The lowest BCUT2D eigenvalue weighted by Crippen LogP contribution is -2.19. The van der Waals surface area contributed by atoms with E-state index in [9.17, 15) is 9.18 Å². The minimum absolute atomic E-state index is 0.0930. The van der Waals surface area contributed by atoms with Gasteiger partial charge in [-0.25, -0.2) is 9.37 Å². The second-order valence-electron chi connectivity index (χ2n) is 4.42. The standard InChI is InChI=1S/C15H14BrFN2O2/c1-10(20)18-8-11-5-6-12(13(17)7-11)9-21-15-4-2-3-14(16)19-15/h2-7H,8-9H2,1H3,(H,18,20). The van der Waals surface area contributed by atoms with Crippen LogP contribution in [0.15, 0.2) is 41.0 Å². The van der Waals surface area contributed by atoms with Crippen LogP contribution in [0.2, 0.25) is 0 Å². The van der Waals surface area contributed by atoms with Gasteiger partial charge in [-0.15, -0.1) is 0 Å². The van der Waals surface area contributed by atoms with E-state index in [2.05, 4.69) is 26.2 Å². The van der Waals surface area contributed by atoms with Crippen molar-refractivity contribution in [3.63, 3.8) is 0 Å². The Labute approximate surface area is 130 Å². The molecular weight excluding hydrogens is 339 g/mol. The topological polar surface area (TPSA) is 51.2 Å². The molecule has 0 saturated heterocycles. The number of hydrogen-bond acceptors (Lipinski definition) is 3. The van der Waals surface area contributed by atoms with Crippen LogP contribution in [0, 0.1) is 5.82 Å². The van der Waals surface area contributed by atoms with Gasteiger partial charge in [-0.2, -0.15) is 0 Å². The summed E-state index contributed by atoms with van der Waals surface area (Å²) in [5.74, 6) is -0.0949. The first kappa shape index (κ1) is 15.4. The molecule has 2 rings (SSSR count). The van der Waals surface area contributed by atoms with Crippen LogP contribution >= 0.6 is 15.9 Å². The van der Waals surface area contributed by atoms with Gasteiger partial charge in [0, 0.05) is 25.1 Å². The molecule has 0 saturated carbocycles. The maximum absolute atomic E-state index is 13.9. The predicted octanol–water partition coefficient (Wildman–Crippen LogP) is 3.20. The van der Waals surface area contributed by atoms with E-state index in [0.29, 0.717) is 28.2 Å². The lowest BCUT2D eigenvalue weighted by molar-refractivity contribution is -0.119. The number of nitrogens with zero attached hydrogens (tertiary/aromatic N) is 1. The SMILES string of the molecule is CC(=O)NCc1ccc(COc2cccc(Br)n2)c(F)c1. The minimum Gasteiger partial charge on any atom is -0.473 e. The number of pyridine rings is 1. The van der Waals surface area contributed by atoms with E-state index < -0.39 is 0 Å². The van der Waals surface area contributed by atoms with Crippen molar-refractivity contribution in [3.05, 3.63) is 57.9 Å². The van der Waals surface area contributed by atoms with Gasteiger partial charge >= 0.3 is 0 Å². The quantitative estimate of drug-likeness (QED) is 0.840. The number of carbonyl (C=O) groups excluding carboxylic acids is 1. The smallest absolute Gasteiger partial charge is 0.217 e. The number of benzene rings is 1. The van der Waals surface area contributed by atoms with Crippen molar-refractivity contribution in [2.75, 3.05) is 0 Å². The molecule has 21 heavy (non-hydrogen) atoms. The van der Waals surface area contributed by atoms with Crippen molar-refractivity contribution >= 4 is 21.8 Å². The fourth-order valence-corrected chi connectivity index (χ4v) is 1.99. The van der Waals surface area contributed by atoms with E-state index in [1.807, 2.05) is 0 Å². The van der Waals surface area contributed by atoms with Crippen LogP contribution in [-0.2, 0) is 17.9 Å². The minimum atomic E-state index is -0.368. The first-order valence-electron chi connectivity index (χ1n) is 6.31. The molecule has 1 aromatic heterocycles. The zero-order chi connectivity index (χ0) is 15.2. The molecule has 0 unspecified atom stereocenters. The molecule has 4 nitrogen and oxygen atoms in total. The molecule has 1 amide bonds. The van der Waals surface area contributed by atoms with Crippen LogP contribution in [0.4, 0.5) is 4.39 Å². The van der Waals surface area contributed by atoms with Crippen molar-refractivity contribution in [2.45, 2.75) is 20.1 Å². The highest BCUT2D eigenvalue weighted by atomic mass is 79.9. The van der Waals surface area contributed by atoms with Gasteiger partial charge < -0.3 is 10.1 Å². The van der Waals surface area contributed by atoms with E-state index in [4.69, 9.17) is 4.74 Å². The molecular formula is C15H14BrFN2O2. The van der Waals surface area contributed by atoms with E-state index in [-0.39, 0.29) is 18.3 Å². The van der Waals surface area contributed by atoms with Gasteiger partial charge in [-0.05, 0) is 33.6 Å². The number of hydrogen-bond donors (Lipinski definition) is 1. The van der Waals surface area contributed by atoms with Gasteiger partial charge in [-0.3, -0.25) is 4.79 Å². The largest absolute Gasteiger partial charge is 0.473 e. The van der Waals surface area contributed by atoms with Crippen LogP contribution in [0.3, 0.4) is 0 Å². The van der Waals surface area contributed by atoms with Crippen LogP contribution in [-0.4, -0.2) is 10.9 Å². The average molecular weight is 353 g/mol. The molecule has 0 aliphatic rings. The molecule has 0 spiro atoms. The number of halogens is 2. The molecule has 0 radical (unpaired) electrons. The molecule has 1 N–H and O–H groups in total. The van der Waals surface area contributed by atoms with E-state index in [1.54, 1.807) is 30.3 Å². The van der Waals surface area contributed by atoms with Crippen LogP contribution < -0.4 is 10.1 Å². The Hall–Kier alpha value is -1.95. The summed E-state index contributed by atoms with van der Waals surface area (Å²) in [6.07, 6.45) is 0. The predicted molar refractivity (Wildman–Crippen MR) is 80.2 cm³/mol. The lowest BCUT2D eigenvalue weighted by Gasteiger charge is -2.08. The third-order valence-electron chi connectivity index (χ3n) is 2.72. The Balaban J connectivity index is 1.99. The maximum atomic E-state index is 13.9. The summed E-state index contributed by atoms with van der Waals surface area (Å²) in [6.45, 7) is 1.82. The molecule has 6 heteroatoms. The fourth-order valence-electron chi connectivity index (χ4n) is 1.67. The Morgan fingerprint density at radius 1 is 1.38 bits per heavy atom. The highest BCUT2D eigenvalue weighted by Gasteiger charge is 2.06. The zero-order valence-electron chi connectivity index (χ0n) is 11.4. The molecule has 0 atom stereocenters. The van der Waals surface area contributed by atoms with Crippen molar-refractivity contribution in [3.8, 4) is 5.88 Å². The Morgan fingerprint density at radius 3 is 2.86 bits per heavy atom. The highest BCUT2D eigenvalue weighted by Crippen LogP contribution is 2.16. The van der Waals surface area contributed by atoms with Gasteiger partial charge in [0.1, 0.15) is 17.0 Å². The second-order valence-corrected chi connectivity index (χ2v) is 5.24. The number of amides is 1. The molecule has 0 bridgehead atoms. The highest BCUT2D eigenvalue weighted by molar-refractivity contribution is 9.10. The summed E-state index contributed by atoms with van der Waals surface area (Å²) >= 11 is 3.24. The molecule has 110 valence electrons. The van der Waals surface area contributed by atoms with Crippen molar-refractivity contribution in [1.82, 2.24) is 10.3 Å². The van der Waals surface area contributed by atoms with Crippen LogP contribution in [0.25, 0.3) is 0 Å². The Morgan fingerprint density at radius 2 is 2.19 bits per heavy atom. The molecule has 0 fully saturated rings. The number of nitrogens with one attached hydrogen (secondary N) is 1. The average Bonchev–Trinajstić information content (AvgIpc) is 2.44. The van der Waals surface area contributed by atoms with Crippen molar-refractivity contribution in [1.29, 1.82) is 0 Å². The van der Waals surface area contributed by atoms with Crippen molar-refractivity contribution < 1.29 is 13.9 Å². The molecule has 1 aromatic carbocycles. The Kier molecular flexibility index (Phi) is 5.27. The second kappa shape index (κ2) is 7.17. The van der Waals surface area contributed by atoms with Crippen LogP contribution in [0.1, 0.15) is 18.1 Å². The molecule has 2 aromatic rings. The van der Waals surface area contributed by atoms with E-state index >= 15 is 0 Å². The summed E-state index contributed by atoms with van der Waals surface area (Å²) in [5, 5.41) is 2.62. The number of ether oxygens (including phenoxy) is 1. The van der Waals surface area contributed by atoms with Gasteiger partial charge in [0.2, 0.25) is 11.8 Å². The molecule has 1 heterocycles. The fraction of sp³-hybridized carbons (Fsp3) is 0.200. The summed E-state index contributed by atoms with van der Waals surface area (Å²) < 4.78 is 20.0. The third kappa shape index (κ3) is 4.82. The maximum Gasteiger partial charge on any atom is 0.217 e. The summed E-state index contributed by atoms with van der Waals surface area (Å²) in [5.41, 5.74) is 1.13. The first-order valence-corrected chi connectivity index (χ1v) is 7.11. The lowest BCUT2D eigenvalue weighted by atomic mass is 10.1.